The third-order valence-electron chi connectivity index (χ3n) is 6.36. The number of likely N-dealkylation sites (tertiary alicyclic amines) is 1. The molecular formula is C18H19NO3. The van der Waals surface area contributed by atoms with Gasteiger partial charge in [-0.25, -0.2) is 0 Å². The zero-order valence-electron chi connectivity index (χ0n) is 12.8. The third-order valence-corrected chi connectivity index (χ3v) is 6.36. The summed E-state index contributed by atoms with van der Waals surface area (Å²) in [6, 6.07) is 4.22. The summed E-state index contributed by atoms with van der Waals surface area (Å²) in [5.41, 5.74) is 1.75. The molecule has 4 heteroatoms. The number of aliphatic hydroxyl groups is 1. The molecule has 1 N–H and O–H groups in total. The molecule has 4 atom stereocenters. The minimum absolute atomic E-state index is 0.00199. The Kier molecular flexibility index (Phi) is 2.12. The highest BCUT2D eigenvalue weighted by Gasteiger charge is 2.71. The molecule has 2 bridgehead atoms. The number of hydrogen-bond acceptors (Lipinski definition) is 4. The van der Waals surface area contributed by atoms with Crippen LogP contribution in [0.15, 0.2) is 24.3 Å². The first-order valence-electron chi connectivity index (χ1n) is 7.94. The maximum absolute atomic E-state index is 12.5. The van der Waals surface area contributed by atoms with Crippen molar-refractivity contribution in [2.75, 3.05) is 13.6 Å². The molecule has 0 radical (unpaired) electrons. The molecule has 0 aromatic heterocycles. The number of ether oxygens (including phenoxy) is 1. The van der Waals surface area contributed by atoms with Crippen molar-refractivity contribution in [2.24, 2.45) is 0 Å². The maximum Gasteiger partial charge on any atom is 0.196 e. The van der Waals surface area contributed by atoms with E-state index < -0.39 is 17.1 Å². The Morgan fingerprint density at radius 2 is 2.23 bits per heavy atom. The molecule has 1 saturated heterocycles. The van der Waals surface area contributed by atoms with E-state index in [-0.39, 0.29) is 11.8 Å². The lowest BCUT2D eigenvalue weighted by molar-refractivity contribution is -0.151. The van der Waals surface area contributed by atoms with Gasteiger partial charge in [0.2, 0.25) is 0 Å². The second kappa shape index (κ2) is 3.63. The van der Waals surface area contributed by atoms with Crippen molar-refractivity contribution in [3.63, 3.8) is 0 Å². The minimum atomic E-state index is -1.02. The summed E-state index contributed by atoms with van der Waals surface area (Å²) in [6.07, 6.45) is 4.25. The van der Waals surface area contributed by atoms with E-state index in [1.165, 1.54) is 11.6 Å². The summed E-state index contributed by atoms with van der Waals surface area (Å²) in [7, 11) is 2.06. The summed E-state index contributed by atoms with van der Waals surface area (Å²) in [5, 5.41) is 11.6. The van der Waals surface area contributed by atoms with Crippen LogP contribution in [0.1, 0.15) is 23.1 Å². The van der Waals surface area contributed by atoms with Gasteiger partial charge in [0.15, 0.2) is 11.9 Å². The van der Waals surface area contributed by atoms with Crippen LogP contribution in [0.2, 0.25) is 0 Å². The van der Waals surface area contributed by atoms with E-state index in [1.54, 1.807) is 6.08 Å². The lowest BCUT2D eigenvalue weighted by Crippen LogP contribution is -2.74. The lowest BCUT2D eigenvalue weighted by Gasteiger charge is -2.60. The number of ketones is 1. The Hall–Kier alpha value is -1.65. The SMILES string of the molecule is Cc1ccc2c3c1O[C@H]1C(=O)C=C[C@@]4(O)C(C2)N(C)CC[C@]314. The lowest BCUT2D eigenvalue weighted by atomic mass is 9.51. The van der Waals surface area contributed by atoms with Crippen molar-refractivity contribution in [3.8, 4) is 5.75 Å². The van der Waals surface area contributed by atoms with E-state index in [0.717, 1.165) is 36.3 Å². The number of hydrogen-bond donors (Lipinski definition) is 1. The molecule has 1 unspecified atom stereocenters. The van der Waals surface area contributed by atoms with E-state index in [2.05, 4.69) is 24.1 Å². The van der Waals surface area contributed by atoms with Gasteiger partial charge in [-0.15, -0.1) is 0 Å². The van der Waals surface area contributed by atoms with Crippen LogP contribution < -0.4 is 4.74 Å². The molecule has 4 nitrogen and oxygen atoms in total. The van der Waals surface area contributed by atoms with Crippen molar-refractivity contribution >= 4 is 5.78 Å². The molecule has 22 heavy (non-hydrogen) atoms. The van der Waals surface area contributed by atoms with Crippen LogP contribution in [0, 0.1) is 6.92 Å². The maximum atomic E-state index is 12.5. The normalized spacial score (nSPS) is 41.3. The van der Waals surface area contributed by atoms with Gasteiger partial charge >= 0.3 is 0 Å². The number of likely N-dealkylation sites (N-methyl/N-ethyl adjacent to an activating group) is 1. The summed E-state index contributed by atoms with van der Waals surface area (Å²) in [5.74, 6) is 0.817. The predicted molar refractivity (Wildman–Crippen MR) is 81.1 cm³/mol. The average Bonchev–Trinajstić information content (AvgIpc) is 2.85. The number of carbonyl (C=O) groups is 1. The molecule has 1 aromatic rings. The van der Waals surface area contributed by atoms with Crippen molar-refractivity contribution in [1.29, 1.82) is 0 Å². The van der Waals surface area contributed by atoms with Gasteiger partial charge in [-0.05, 0) is 56.6 Å². The van der Waals surface area contributed by atoms with Crippen LogP contribution in [-0.4, -0.2) is 47.1 Å². The zero-order chi connectivity index (χ0) is 15.3. The van der Waals surface area contributed by atoms with Crippen molar-refractivity contribution < 1.29 is 14.6 Å². The van der Waals surface area contributed by atoms with E-state index in [0.29, 0.717) is 0 Å². The van der Waals surface area contributed by atoms with Crippen LogP contribution in [0.5, 0.6) is 5.75 Å². The predicted octanol–water partition coefficient (Wildman–Crippen LogP) is 1.12. The van der Waals surface area contributed by atoms with Gasteiger partial charge in [-0.1, -0.05) is 12.1 Å². The van der Waals surface area contributed by atoms with E-state index in [9.17, 15) is 9.90 Å². The molecule has 0 amide bonds. The van der Waals surface area contributed by atoms with Gasteiger partial charge in [-0.3, -0.25) is 9.69 Å². The first-order valence-corrected chi connectivity index (χ1v) is 7.94. The highest BCUT2D eigenvalue weighted by molar-refractivity contribution is 5.98. The highest BCUT2D eigenvalue weighted by atomic mass is 16.5. The monoisotopic (exact) mass is 297 g/mol. The van der Waals surface area contributed by atoms with Gasteiger partial charge < -0.3 is 9.84 Å². The number of aryl methyl sites for hydroxylation is 1. The topological polar surface area (TPSA) is 49.8 Å². The minimum Gasteiger partial charge on any atom is -0.481 e. The molecule has 2 aliphatic carbocycles. The van der Waals surface area contributed by atoms with E-state index in [4.69, 9.17) is 4.74 Å². The third kappa shape index (κ3) is 1.12. The molecule has 0 saturated carbocycles. The van der Waals surface area contributed by atoms with Crippen LogP contribution >= 0.6 is 0 Å². The van der Waals surface area contributed by atoms with Crippen molar-refractivity contribution in [2.45, 2.75) is 42.9 Å². The Labute approximate surface area is 129 Å². The number of nitrogens with zero attached hydrogens (tertiary/aromatic N) is 1. The van der Waals surface area contributed by atoms with Gasteiger partial charge in [0.1, 0.15) is 11.4 Å². The zero-order valence-corrected chi connectivity index (χ0v) is 12.8. The second-order valence-corrected chi connectivity index (χ2v) is 7.23. The van der Waals surface area contributed by atoms with Crippen molar-refractivity contribution in [1.82, 2.24) is 4.90 Å². The Bertz CT molecular complexity index is 755. The molecule has 4 aliphatic rings. The quantitative estimate of drug-likeness (QED) is 0.780. The fraction of sp³-hybridized carbons (Fsp3) is 0.500. The van der Waals surface area contributed by atoms with Gasteiger partial charge in [0.25, 0.3) is 0 Å². The summed E-state index contributed by atoms with van der Waals surface area (Å²) < 4.78 is 6.14. The van der Waals surface area contributed by atoms with Gasteiger partial charge in [-0.2, -0.15) is 0 Å². The molecule has 5 rings (SSSR count). The Morgan fingerprint density at radius 1 is 1.41 bits per heavy atom. The van der Waals surface area contributed by atoms with E-state index >= 15 is 0 Å². The second-order valence-electron chi connectivity index (χ2n) is 7.23. The molecule has 114 valence electrons. The molecule has 1 fully saturated rings. The van der Waals surface area contributed by atoms with Crippen LogP contribution in [0.4, 0.5) is 0 Å². The summed E-state index contributed by atoms with van der Waals surface area (Å²) in [6.45, 7) is 2.89. The standard InChI is InChI=1S/C18H19NO3/c1-10-3-4-11-9-13-18(21)6-5-12(20)16-17(18,7-8-19(13)2)14(11)15(10)22-16/h3-6,13,16,21H,7-9H2,1-2H3/t13?,16-,17-,18+/m0/s1. The first kappa shape index (κ1) is 12.9. The number of carbonyl (C=O) groups excluding carboxylic acids is 1. The van der Waals surface area contributed by atoms with Gasteiger partial charge in [0, 0.05) is 11.6 Å². The fourth-order valence-corrected chi connectivity index (χ4v) is 5.27. The van der Waals surface area contributed by atoms with Crippen molar-refractivity contribution in [3.05, 3.63) is 41.0 Å². The smallest absolute Gasteiger partial charge is 0.196 e. The summed E-state index contributed by atoms with van der Waals surface area (Å²) >= 11 is 0. The number of rotatable bonds is 0. The molecule has 2 heterocycles. The highest BCUT2D eigenvalue weighted by Crippen LogP contribution is 2.62. The first-order chi connectivity index (χ1) is 10.5. The molecule has 1 aromatic carbocycles. The number of piperidine rings is 1. The fourth-order valence-electron chi connectivity index (χ4n) is 5.27. The van der Waals surface area contributed by atoms with E-state index in [1.807, 2.05) is 6.92 Å². The van der Waals surface area contributed by atoms with Crippen LogP contribution in [-0.2, 0) is 16.6 Å². The largest absolute Gasteiger partial charge is 0.481 e. The average molecular weight is 297 g/mol. The Morgan fingerprint density at radius 3 is 3.05 bits per heavy atom. The summed E-state index contributed by atoms with van der Waals surface area (Å²) in [4.78, 5) is 14.7. The molecule has 1 spiro atoms. The molecule has 2 aliphatic heterocycles. The Balaban J connectivity index is 1.91. The van der Waals surface area contributed by atoms with Crippen LogP contribution in [0.25, 0.3) is 0 Å². The number of benzene rings is 1. The molecular weight excluding hydrogens is 278 g/mol. The van der Waals surface area contributed by atoms with Gasteiger partial charge in [0.05, 0.1) is 5.41 Å². The van der Waals surface area contributed by atoms with Crippen LogP contribution in [0.3, 0.4) is 0 Å².